The van der Waals surface area contributed by atoms with E-state index < -0.39 is 5.97 Å². The summed E-state index contributed by atoms with van der Waals surface area (Å²) in [6.07, 6.45) is 3.46. The molecule has 0 N–H and O–H groups in total. The topological polar surface area (TPSA) is 44.8 Å². The largest absolute Gasteiger partial charge is 0.489 e. The molecule has 34 heavy (non-hydrogen) atoms. The van der Waals surface area contributed by atoms with E-state index in [4.69, 9.17) is 25.8 Å². The van der Waals surface area contributed by atoms with Crippen LogP contribution in [0.4, 0.5) is 0 Å². The molecule has 0 spiro atoms. The molecule has 1 heterocycles. The van der Waals surface area contributed by atoms with E-state index in [0.717, 1.165) is 27.3 Å². The Morgan fingerprint density at radius 1 is 1.03 bits per heavy atom. The normalized spacial score (nSPS) is 12.9. The molecule has 4 nitrogen and oxygen atoms in total. The molecule has 0 unspecified atom stereocenters. The summed E-state index contributed by atoms with van der Waals surface area (Å²) in [5.41, 5.74) is 5.07. The van der Waals surface area contributed by atoms with E-state index >= 15 is 0 Å². The van der Waals surface area contributed by atoms with Crippen molar-refractivity contribution in [1.82, 2.24) is 0 Å². The first-order valence-corrected chi connectivity index (χ1v) is 12.2. The number of thiophene rings is 1. The SMILES string of the molecule is C=C1C=C(C(=O)OCC)c2scc(COc3cccc(OCc4cccc(C)c4)c3)c2C(Cl)=C1. The molecule has 1 aromatic heterocycles. The van der Waals surface area contributed by atoms with Gasteiger partial charge in [0.15, 0.2) is 0 Å². The number of benzene rings is 2. The lowest BCUT2D eigenvalue weighted by molar-refractivity contribution is -0.136. The zero-order chi connectivity index (χ0) is 24.1. The first-order valence-electron chi connectivity index (χ1n) is 10.9. The maximum atomic E-state index is 12.5. The molecule has 4 rings (SSSR count). The summed E-state index contributed by atoms with van der Waals surface area (Å²) in [5, 5.41) is 2.48. The number of hydrogen-bond acceptors (Lipinski definition) is 5. The van der Waals surface area contributed by atoms with E-state index in [1.54, 1.807) is 19.1 Å². The molecule has 1 aliphatic rings. The van der Waals surface area contributed by atoms with Gasteiger partial charge in [0.1, 0.15) is 24.7 Å². The lowest BCUT2D eigenvalue weighted by Gasteiger charge is -2.11. The quantitative estimate of drug-likeness (QED) is 0.309. The summed E-state index contributed by atoms with van der Waals surface area (Å²) in [5.74, 6) is 1.02. The molecule has 0 atom stereocenters. The average Bonchev–Trinajstić information content (AvgIpc) is 3.19. The van der Waals surface area contributed by atoms with Crippen LogP contribution in [0.3, 0.4) is 0 Å². The molecule has 2 aromatic carbocycles. The Balaban J connectivity index is 1.49. The van der Waals surface area contributed by atoms with E-state index in [0.29, 0.717) is 41.7 Å². The van der Waals surface area contributed by atoms with Gasteiger partial charge in [-0.25, -0.2) is 4.79 Å². The summed E-state index contributed by atoms with van der Waals surface area (Å²) in [4.78, 5) is 13.3. The Bertz CT molecular complexity index is 1290. The number of rotatable bonds is 8. The van der Waals surface area contributed by atoms with Crippen LogP contribution < -0.4 is 9.47 Å². The minimum Gasteiger partial charge on any atom is -0.489 e. The molecule has 1 aliphatic carbocycles. The molecule has 174 valence electrons. The van der Waals surface area contributed by atoms with E-state index in [9.17, 15) is 4.79 Å². The number of esters is 1. The number of aryl methyl sites for hydroxylation is 1. The van der Waals surface area contributed by atoms with Crippen molar-refractivity contribution in [3.8, 4) is 11.5 Å². The Hall–Kier alpha value is -3.28. The third-order valence-electron chi connectivity index (χ3n) is 5.18. The van der Waals surface area contributed by atoms with E-state index in [1.807, 2.05) is 41.8 Å². The predicted octanol–water partition coefficient (Wildman–Crippen LogP) is 7.31. The van der Waals surface area contributed by atoms with Crippen LogP contribution >= 0.6 is 22.9 Å². The standard InChI is InChI=1S/C28H25ClO4S/c1-4-31-28(30)24-12-19(3)13-25(29)26-21(17-34-27(24)26)16-33-23-10-6-9-22(14-23)32-15-20-8-5-7-18(2)11-20/h5-14,17H,3-4,15-16H2,1-2H3. The number of halogens is 1. The van der Waals surface area contributed by atoms with Crippen molar-refractivity contribution in [3.63, 3.8) is 0 Å². The summed E-state index contributed by atoms with van der Waals surface area (Å²) in [6.45, 7) is 8.88. The number of carbonyl (C=O) groups is 1. The number of allylic oxidation sites excluding steroid dienone is 3. The van der Waals surface area contributed by atoms with Crippen molar-refractivity contribution < 1.29 is 19.0 Å². The maximum absolute atomic E-state index is 12.5. The molecule has 0 saturated carbocycles. The number of hydrogen-bond donors (Lipinski definition) is 0. The van der Waals surface area contributed by atoms with E-state index in [1.165, 1.54) is 16.9 Å². The third kappa shape index (κ3) is 5.61. The second-order valence-electron chi connectivity index (χ2n) is 7.85. The Morgan fingerprint density at radius 3 is 2.50 bits per heavy atom. The highest BCUT2D eigenvalue weighted by molar-refractivity contribution is 7.12. The highest BCUT2D eigenvalue weighted by Crippen LogP contribution is 2.40. The van der Waals surface area contributed by atoms with Gasteiger partial charge in [-0.3, -0.25) is 0 Å². The van der Waals surface area contributed by atoms with Crippen LogP contribution in [0.15, 0.2) is 78.2 Å². The third-order valence-corrected chi connectivity index (χ3v) is 6.54. The molecule has 0 saturated heterocycles. The second kappa shape index (κ2) is 10.8. The average molecular weight is 493 g/mol. The zero-order valence-corrected chi connectivity index (χ0v) is 20.7. The van der Waals surface area contributed by atoms with Gasteiger partial charge in [0, 0.05) is 17.2 Å². The highest BCUT2D eigenvalue weighted by Gasteiger charge is 2.25. The monoisotopic (exact) mass is 492 g/mol. The fraction of sp³-hybridized carbons (Fsp3) is 0.179. The predicted molar refractivity (Wildman–Crippen MR) is 138 cm³/mol. The molecule has 0 bridgehead atoms. The van der Waals surface area contributed by atoms with Crippen molar-refractivity contribution in [2.75, 3.05) is 6.61 Å². The van der Waals surface area contributed by atoms with Crippen molar-refractivity contribution in [3.05, 3.63) is 105 Å². The number of carbonyl (C=O) groups excluding carboxylic acids is 1. The van der Waals surface area contributed by atoms with Crippen molar-refractivity contribution in [2.24, 2.45) is 0 Å². The fourth-order valence-electron chi connectivity index (χ4n) is 3.63. The Morgan fingerprint density at radius 2 is 1.76 bits per heavy atom. The van der Waals surface area contributed by atoms with E-state index in [-0.39, 0.29) is 0 Å². The maximum Gasteiger partial charge on any atom is 0.339 e. The molecule has 0 amide bonds. The van der Waals surface area contributed by atoms with Gasteiger partial charge in [0.05, 0.1) is 22.1 Å². The number of fused-ring (bicyclic) bond motifs is 1. The number of ether oxygens (including phenoxy) is 3. The van der Waals surface area contributed by atoms with Crippen LogP contribution in [0.2, 0.25) is 0 Å². The van der Waals surface area contributed by atoms with Gasteiger partial charge in [-0.15, -0.1) is 11.3 Å². The van der Waals surface area contributed by atoms with Gasteiger partial charge < -0.3 is 14.2 Å². The molecule has 0 fully saturated rings. The van der Waals surface area contributed by atoms with Crippen molar-refractivity contribution in [1.29, 1.82) is 0 Å². The van der Waals surface area contributed by atoms with Gasteiger partial charge in [-0.2, -0.15) is 0 Å². The molecule has 0 aliphatic heterocycles. The summed E-state index contributed by atoms with van der Waals surface area (Å²) in [6, 6.07) is 15.8. The first kappa shape index (κ1) is 23.9. The van der Waals surface area contributed by atoms with Gasteiger partial charge in [-0.05, 0) is 54.6 Å². The highest BCUT2D eigenvalue weighted by atomic mass is 35.5. The smallest absolute Gasteiger partial charge is 0.339 e. The fourth-order valence-corrected chi connectivity index (χ4v) is 5.12. The molecular weight excluding hydrogens is 468 g/mol. The van der Waals surface area contributed by atoms with Crippen LogP contribution in [-0.2, 0) is 22.7 Å². The molecule has 3 aromatic rings. The second-order valence-corrected chi connectivity index (χ2v) is 9.14. The molecule has 0 radical (unpaired) electrons. The van der Waals surface area contributed by atoms with Crippen LogP contribution in [0.1, 0.15) is 34.1 Å². The van der Waals surface area contributed by atoms with Crippen LogP contribution in [0, 0.1) is 6.92 Å². The minimum absolute atomic E-state index is 0.291. The lowest BCUT2D eigenvalue weighted by Crippen LogP contribution is -2.07. The van der Waals surface area contributed by atoms with Gasteiger partial charge >= 0.3 is 5.97 Å². The van der Waals surface area contributed by atoms with Crippen molar-refractivity contribution >= 4 is 39.5 Å². The van der Waals surface area contributed by atoms with Crippen molar-refractivity contribution in [2.45, 2.75) is 27.1 Å². The Labute approximate surface area is 208 Å². The van der Waals surface area contributed by atoms with Crippen LogP contribution in [-0.4, -0.2) is 12.6 Å². The van der Waals surface area contributed by atoms with Crippen LogP contribution in [0.5, 0.6) is 11.5 Å². The minimum atomic E-state index is -0.391. The van der Waals surface area contributed by atoms with Gasteiger partial charge in [0.25, 0.3) is 0 Å². The Kier molecular flexibility index (Phi) is 7.56. The molecule has 6 heteroatoms. The lowest BCUT2D eigenvalue weighted by atomic mass is 10.1. The summed E-state index contributed by atoms with van der Waals surface area (Å²) < 4.78 is 17.3. The van der Waals surface area contributed by atoms with E-state index in [2.05, 4.69) is 25.6 Å². The zero-order valence-electron chi connectivity index (χ0n) is 19.1. The molecular formula is C28H25ClO4S. The summed E-state index contributed by atoms with van der Waals surface area (Å²) in [7, 11) is 0. The summed E-state index contributed by atoms with van der Waals surface area (Å²) >= 11 is 8.04. The first-order chi connectivity index (χ1) is 16.4. The van der Waals surface area contributed by atoms with Gasteiger partial charge in [-0.1, -0.05) is 54.1 Å². The van der Waals surface area contributed by atoms with Gasteiger partial charge in [0.2, 0.25) is 0 Å². The van der Waals surface area contributed by atoms with Crippen LogP contribution in [0.25, 0.3) is 10.6 Å².